The van der Waals surface area contributed by atoms with Gasteiger partial charge in [-0.3, -0.25) is 0 Å². The van der Waals surface area contributed by atoms with E-state index >= 15 is 0 Å². The number of H-pyrrole nitrogens is 1. The SMILES string of the molecule is O=C(O)c1cc[nH]c1CNCc1ccc(Br)cc1. The van der Waals surface area contributed by atoms with Crippen molar-refractivity contribution in [2.24, 2.45) is 0 Å². The van der Waals surface area contributed by atoms with Crippen LogP contribution in [0, 0.1) is 0 Å². The van der Waals surface area contributed by atoms with Gasteiger partial charge >= 0.3 is 5.97 Å². The molecular weight excluding hydrogens is 296 g/mol. The summed E-state index contributed by atoms with van der Waals surface area (Å²) in [5.74, 6) is -0.906. The number of aromatic carboxylic acids is 1. The first kappa shape index (κ1) is 12.9. The Bertz CT molecular complexity index is 534. The second-order valence-electron chi connectivity index (χ2n) is 3.91. The normalized spacial score (nSPS) is 10.5. The van der Waals surface area contributed by atoms with E-state index < -0.39 is 5.97 Å². The van der Waals surface area contributed by atoms with Gasteiger partial charge in [-0.1, -0.05) is 28.1 Å². The number of benzene rings is 1. The summed E-state index contributed by atoms with van der Waals surface area (Å²) in [4.78, 5) is 13.8. The quantitative estimate of drug-likeness (QED) is 0.796. The van der Waals surface area contributed by atoms with Crippen LogP contribution in [0.1, 0.15) is 21.6 Å². The van der Waals surface area contributed by atoms with E-state index in [9.17, 15) is 4.79 Å². The molecule has 18 heavy (non-hydrogen) atoms. The molecule has 0 bridgehead atoms. The smallest absolute Gasteiger partial charge is 0.337 e. The van der Waals surface area contributed by atoms with Gasteiger partial charge in [-0.25, -0.2) is 4.79 Å². The number of hydrogen-bond donors (Lipinski definition) is 3. The zero-order valence-corrected chi connectivity index (χ0v) is 11.2. The summed E-state index contributed by atoms with van der Waals surface area (Å²) < 4.78 is 1.05. The van der Waals surface area contributed by atoms with Crippen LogP contribution in [0.2, 0.25) is 0 Å². The Balaban J connectivity index is 1.90. The minimum absolute atomic E-state index is 0.318. The summed E-state index contributed by atoms with van der Waals surface area (Å²) >= 11 is 3.38. The highest BCUT2D eigenvalue weighted by Crippen LogP contribution is 2.11. The Morgan fingerprint density at radius 3 is 2.61 bits per heavy atom. The summed E-state index contributed by atoms with van der Waals surface area (Å²) in [7, 11) is 0. The average molecular weight is 309 g/mol. The van der Waals surface area contributed by atoms with E-state index in [0.29, 0.717) is 24.3 Å². The number of aromatic amines is 1. The fourth-order valence-electron chi connectivity index (χ4n) is 1.68. The number of carboxylic acid groups (broad SMARTS) is 1. The molecule has 2 aromatic rings. The zero-order chi connectivity index (χ0) is 13.0. The molecule has 0 spiro atoms. The van der Waals surface area contributed by atoms with Crippen molar-refractivity contribution in [1.82, 2.24) is 10.3 Å². The van der Waals surface area contributed by atoms with Gasteiger partial charge in [0.25, 0.3) is 0 Å². The molecule has 0 amide bonds. The van der Waals surface area contributed by atoms with E-state index in [1.54, 1.807) is 12.3 Å². The summed E-state index contributed by atoms with van der Waals surface area (Å²) in [6.07, 6.45) is 1.64. The topological polar surface area (TPSA) is 65.1 Å². The van der Waals surface area contributed by atoms with Crippen molar-refractivity contribution in [2.75, 3.05) is 0 Å². The molecule has 0 aliphatic heterocycles. The number of carboxylic acids is 1. The van der Waals surface area contributed by atoms with Crippen LogP contribution in [0.3, 0.4) is 0 Å². The summed E-state index contributed by atoms with van der Waals surface area (Å²) in [6, 6.07) is 9.56. The molecule has 0 saturated heterocycles. The fourth-order valence-corrected chi connectivity index (χ4v) is 1.95. The Kier molecular flexibility index (Phi) is 4.17. The third kappa shape index (κ3) is 3.21. The van der Waals surface area contributed by atoms with Gasteiger partial charge in [-0.05, 0) is 23.8 Å². The van der Waals surface area contributed by atoms with E-state index in [-0.39, 0.29) is 0 Å². The molecule has 0 saturated carbocycles. The first-order valence-electron chi connectivity index (χ1n) is 5.51. The molecule has 94 valence electrons. The molecule has 5 heteroatoms. The van der Waals surface area contributed by atoms with Gasteiger partial charge in [0.05, 0.1) is 5.56 Å². The van der Waals surface area contributed by atoms with Gasteiger partial charge in [0.2, 0.25) is 0 Å². The van der Waals surface area contributed by atoms with E-state index in [1.165, 1.54) is 0 Å². The number of rotatable bonds is 5. The molecule has 0 aliphatic carbocycles. The van der Waals surface area contributed by atoms with Crippen LogP contribution >= 0.6 is 15.9 Å². The number of carbonyl (C=O) groups is 1. The monoisotopic (exact) mass is 308 g/mol. The highest BCUT2D eigenvalue weighted by atomic mass is 79.9. The Morgan fingerprint density at radius 1 is 1.22 bits per heavy atom. The number of nitrogens with one attached hydrogen (secondary N) is 2. The van der Waals surface area contributed by atoms with Crippen molar-refractivity contribution in [2.45, 2.75) is 13.1 Å². The van der Waals surface area contributed by atoms with Gasteiger partial charge in [0.1, 0.15) is 0 Å². The van der Waals surface area contributed by atoms with Crippen LogP contribution in [0.4, 0.5) is 0 Å². The molecule has 2 rings (SSSR count). The molecule has 4 nitrogen and oxygen atoms in total. The highest BCUT2D eigenvalue weighted by Gasteiger charge is 2.09. The number of halogens is 1. The van der Waals surface area contributed by atoms with Crippen LogP contribution in [-0.2, 0) is 13.1 Å². The maximum absolute atomic E-state index is 10.9. The number of aromatic nitrogens is 1. The lowest BCUT2D eigenvalue weighted by Crippen LogP contribution is -2.15. The largest absolute Gasteiger partial charge is 0.478 e. The average Bonchev–Trinajstić information content (AvgIpc) is 2.80. The lowest BCUT2D eigenvalue weighted by atomic mass is 10.2. The molecule has 0 atom stereocenters. The standard InChI is InChI=1S/C13H13BrN2O2/c14-10-3-1-9(2-4-10)7-15-8-12-11(13(17)18)5-6-16-12/h1-6,15-16H,7-8H2,(H,17,18). The van der Waals surface area contributed by atoms with Crippen LogP contribution < -0.4 is 5.32 Å². The van der Waals surface area contributed by atoms with E-state index in [0.717, 1.165) is 10.0 Å². The first-order chi connectivity index (χ1) is 8.66. The Morgan fingerprint density at radius 2 is 1.94 bits per heavy atom. The summed E-state index contributed by atoms with van der Waals surface area (Å²) in [5.41, 5.74) is 2.17. The molecule has 0 unspecified atom stereocenters. The molecule has 1 aromatic carbocycles. The van der Waals surface area contributed by atoms with E-state index in [4.69, 9.17) is 5.11 Å². The molecule has 1 heterocycles. The Labute approximate surface area is 113 Å². The second-order valence-corrected chi connectivity index (χ2v) is 4.82. The third-order valence-electron chi connectivity index (χ3n) is 2.61. The lowest BCUT2D eigenvalue weighted by molar-refractivity contribution is 0.0695. The lowest BCUT2D eigenvalue weighted by Gasteiger charge is -2.05. The second kappa shape index (κ2) is 5.84. The number of hydrogen-bond acceptors (Lipinski definition) is 2. The van der Waals surface area contributed by atoms with E-state index in [2.05, 4.69) is 26.2 Å². The molecule has 3 N–H and O–H groups in total. The van der Waals surface area contributed by atoms with E-state index in [1.807, 2.05) is 24.3 Å². The zero-order valence-electron chi connectivity index (χ0n) is 9.61. The molecule has 1 aromatic heterocycles. The van der Waals surface area contributed by atoms with Crippen molar-refractivity contribution < 1.29 is 9.90 Å². The van der Waals surface area contributed by atoms with Crippen molar-refractivity contribution in [3.05, 3.63) is 57.8 Å². The Hall–Kier alpha value is -1.59. The summed E-state index contributed by atoms with van der Waals surface area (Å²) in [5, 5.41) is 12.2. The first-order valence-corrected chi connectivity index (χ1v) is 6.31. The highest BCUT2D eigenvalue weighted by molar-refractivity contribution is 9.10. The minimum atomic E-state index is -0.906. The maximum Gasteiger partial charge on any atom is 0.337 e. The van der Waals surface area contributed by atoms with Crippen LogP contribution in [-0.4, -0.2) is 16.1 Å². The van der Waals surface area contributed by atoms with Gasteiger partial charge in [-0.15, -0.1) is 0 Å². The fraction of sp³-hybridized carbons (Fsp3) is 0.154. The van der Waals surface area contributed by atoms with Gasteiger partial charge < -0.3 is 15.4 Å². The van der Waals surface area contributed by atoms with Gasteiger partial charge in [-0.2, -0.15) is 0 Å². The van der Waals surface area contributed by atoms with Gasteiger partial charge in [0.15, 0.2) is 0 Å². The minimum Gasteiger partial charge on any atom is -0.478 e. The molecular formula is C13H13BrN2O2. The maximum atomic E-state index is 10.9. The molecule has 0 fully saturated rings. The predicted molar refractivity (Wildman–Crippen MR) is 72.4 cm³/mol. The predicted octanol–water partition coefficient (Wildman–Crippen LogP) is 2.77. The van der Waals surface area contributed by atoms with Crippen molar-refractivity contribution >= 4 is 21.9 Å². The third-order valence-corrected chi connectivity index (χ3v) is 3.14. The van der Waals surface area contributed by atoms with Crippen LogP contribution in [0.25, 0.3) is 0 Å². The van der Waals surface area contributed by atoms with Crippen molar-refractivity contribution in [3.8, 4) is 0 Å². The summed E-state index contributed by atoms with van der Waals surface area (Å²) in [6.45, 7) is 1.20. The van der Waals surface area contributed by atoms with Crippen molar-refractivity contribution in [3.63, 3.8) is 0 Å². The van der Waals surface area contributed by atoms with Gasteiger partial charge in [0, 0.05) is 29.5 Å². The van der Waals surface area contributed by atoms with Crippen LogP contribution in [0.15, 0.2) is 41.0 Å². The molecule has 0 aliphatic rings. The van der Waals surface area contributed by atoms with Crippen molar-refractivity contribution in [1.29, 1.82) is 0 Å². The molecule has 0 radical (unpaired) electrons. The van der Waals surface area contributed by atoms with Crippen LogP contribution in [0.5, 0.6) is 0 Å².